The first kappa shape index (κ1) is 14.4. The summed E-state index contributed by atoms with van der Waals surface area (Å²) in [5.74, 6) is 8.84. The van der Waals surface area contributed by atoms with Crippen LogP contribution in [0.2, 0.25) is 0 Å². The lowest BCUT2D eigenvalue weighted by molar-refractivity contribution is 0.376. The molecule has 1 unspecified atom stereocenters. The summed E-state index contributed by atoms with van der Waals surface area (Å²) in [4.78, 5) is 0. The van der Waals surface area contributed by atoms with Crippen LogP contribution in [0.15, 0.2) is 28.7 Å². The maximum atomic E-state index is 5.76. The van der Waals surface area contributed by atoms with Crippen LogP contribution in [0, 0.1) is 13.8 Å². The molecule has 0 aliphatic carbocycles. The molecule has 0 saturated heterocycles. The standard InChI is InChI=1S/C15H20N2O3/c1-9-8-11(10(2)20-9)15(17-16)14-12(18-3)6-5-7-13(14)19-4/h5-8,15,17H,16H2,1-4H3. The van der Waals surface area contributed by atoms with Crippen molar-refractivity contribution in [1.82, 2.24) is 5.43 Å². The van der Waals surface area contributed by atoms with E-state index in [4.69, 9.17) is 19.7 Å². The molecule has 1 aromatic carbocycles. The van der Waals surface area contributed by atoms with Crippen LogP contribution in [-0.2, 0) is 0 Å². The highest BCUT2D eigenvalue weighted by Gasteiger charge is 2.24. The molecule has 0 aliphatic rings. The first-order valence-electron chi connectivity index (χ1n) is 6.36. The zero-order valence-electron chi connectivity index (χ0n) is 12.2. The summed E-state index contributed by atoms with van der Waals surface area (Å²) >= 11 is 0. The van der Waals surface area contributed by atoms with Gasteiger partial charge in [0.1, 0.15) is 23.0 Å². The van der Waals surface area contributed by atoms with Crippen LogP contribution in [0.5, 0.6) is 11.5 Å². The van der Waals surface area contributed by atoms with Crippen molar-refractivity contribution >= 4 is 0 Å². The Balaban J connectivity index is 2.59. The molecule has 2 rings (SSSR count). The predicted molar refractivity (Wildman–Crippen MR) is 76.9 cm³/mol. The second kappa shape index (κ2) is 5.98. The van der Waals surface area contributed by atoms with Crippen LogP contribution in [0.25, 0.3) is 0 Å². The molecule has 0 spiro atoms. The lowest BCUT2D eigenvalue weighted by Crippen LogP contribution is -2.29. The maximum Gasteiger partial charge on any atom is 0.127 e. The van der Waals surface area contributed by atoms with E-state index in [-0.39, 0.29) is 6.04 Å². The molecule has 1 atom stereocenters. The van der Waals surface area contributed by atoms with E-state index in [1.165, 1.54) is 0 Å². The molecule has 2 aromatic rings. The molecule has 5 heteroatoms. The molecular weight excluding hydrogens is 256 g/mol. The Morgan fingerprint density at radius 1 is 1.15 bits per heavy atom. The van der Waals surface area contributed by atoms with Gasteiger partial charge in [0.15, 0.2) is 0 Å². The van der Waals surface area contributed by atoms with Gasteiger partial charge in [-0.15, -0.1) is 0 Å². The second-order valence-corrected chi connectivity index (χ2v) is 4.54. The average molecular weight is 276 g/mol. The third kappa shape index (κ3) is 2.50. The lowest BCUT2D eigenvalue weighted by Gasteiger charge is -2.21. The van der Waals surface area contributed by atoms with Gasteiger partial charge in [0.05, 0.1) is 25.8 Å². The fourth-order valence-corrected chi connectivity index (χ4v) is 2.43. The van der Waals surface area contributed by atoms with Crippen LogP contribution < -0.4 is 20.7 Å². The SMILES string of the molecule is COc1cccc(OC)c1C(NN)c1cc(C)oc1C. The lowest BCUT2D eigenvalue weighted by atomic mass is 9.97. The number of rotatable bonds is 5. The van der Waals surface area contributed by atoms with Gasteiger partial charge in [0.25, 0.3) is 0 Å². The number of nitrogens with one attached hydrogen (secondary N) is 1. The molecule has 1 aromatic heterocycles. The Morgan fingerprint density at radius 3 is 2.15 bits per heavy atom. The van der Waals surface area contributed by atoms with Crippen molar-refractivity contribution in [1.29, 1.82) is 0 Å². The molecule has 0 fully saturated rings. The predicted octanol–water partition coefficient (Wildman–Crippen LogP) is 2.47. The largest absolute Gasteiger partial charge is 0.496 e. The van der Waals surface area contributed by atoms with Crippen molar-refractivity contribution < 1.29 is 13.9 Å². The van der Waals surface area contributed by atoms with Gasteiger partial charge in [-0.25, -0.2) is 5.43 Å². The van der Waals surface area contributed by atoms with Crippen molar-refractivity contribution in [2.45, 2.75) is 19.9 Å². The number of aryl methyl sites for hydroxylation is 2. The van der Waals surface area contributed by atoms with Gasteiger partial charge in [-0.05, 0) is 32.0 Å². The van der Waals surface area contributed by atoms with Crippen molar-refractivity contribution in [3.63, 3.8) is 0 Å². The zero-order chi connectivity index (χ0) is 14.7. The zero-order valence-corrected chi connectivity index (χ0v) is 12.2. The van der Waals surface area contributed by atoms with Crippen LogP contribution >= 0.6 is 0 Å². The smallest absolute Gasteiger partial charge is 0.127 e. The first-order chi connectivity index (χ1) is 9.62. The monoisotopic (exact) mass is 276 g/mol. The number of ether oxygens (including phenoxy) is 2. The number of furan rings is 1. The molecule has 3 N–H and O–H groups in total. The van der Waals surface area contributed by atoms with Crippen LogP contribution in [0.4, 0.5) is 0 Å². The van der Waals surface area contributed by atoms with Crippen LogP contribution in [0.1, 0.15) is 28.7 Å². The van der Waals surface area contributed by atoms with Crippen molar-refractivity contribution in [2.24, 2.45) is 5.84 Å². The highest BCUT2D eigenvalue weighted by atomic mass is 16.5. The van der Waals surface area contributed by atoms with Gasteiger partial charge in [-0.3, -0.25) is 5.84 Å². The van der Waals surface area contributed by atoms with Gasteiger partial charge in [-0.2, -0.15) is 0 Å². The van der Waals surface area contributed by atoms with E-state index in [0.29, 0.717) is 11.5 Å². The number of benzene rings is 1. The van der Waals surface area contributed by atoms with Crippen LogP contribution in [-0.4, -0.2) is 14.2 Å². The summed E-state index contributed by atoms with van der Waals surface area (Å²) in [6.07, 6.45) is 0. The Hall–Kier alpha value is -1.98. The molecule has 108 valence electrons. The van der Waals surface area contributed by atoms with E-state index >= 15 is 0 Å². The Bertz CT molecular complexity index is 571. The second-order valence-electron chi connectivity index (χ2n) is 4.54. The molecule has 0 bridgehead atoms. The van der Waals surface area contributed by atoms with Crippen molar-refractivity contribution in [2.75, 3.05) is 14.2 Å². The van der Waals surface area contributed by atoms with E-state index in [1.807, 2.05) is 38.1 Å². The topological polar surface area (TPSA) is 69.7 Å². The van der Waals surface area contributed by atoms with E-state index in [1.54, 1.807) is 14.2 Å². The minimum absolute atomic E-state index is 0.265. The number of methoxy groups -OCH3 is 2. The van der Waals surface area contributed by atoms with Gasteiger partial charge >= 0.3 is 0 Å². The fourth-order valence-electron chi connectivity index (χ4n) is 2.43. The minimum Gasteiger partial charge on any atom is -0.496 e. The molecule has 0 aliphatic heterocycles. The summed E-state index contributed by atoms with van der Waals surface area (Å²) in [6, 6.07) is 7.33. The third-order valence-corrected chi connectivity index (χ3v) is 3.31. The van der Waals surface area contributed by atoms with Gasteiger partial charge < -0.3 is 13.9 Å². The minimum atomic E-state index is -0.265. The number of hydrogen-bond acceptors (Lipinski definition) is 5. The van der Waals surface area contributed by atoms with E-state index in [2.05, 4.69) is 5.43 Å². The Labute approximate surface area is 118 Å². The van der Waals surface area contributed by atoms with Gasteiger partial charge in [0, 0.05) is 5.56 Å². The summed E-state index contributed by atoms with van der Waals surface area (Å²) in [6.45, 7) is 3.82. The molecule has 0 amide bonds. The molecule has 20 heavy (non-hydrogen) atoms. The average Bonchev–Trinajstić information content (AvgIpc) is 2.78. The van der Waals surface area contributed by atoms with E-state index < -0.39 is 0 Å². The summed E-state index contributed by atoms with van der Waals surface area (Å²) in [5.41, 5.74) is 4.63. The highest BCUT2D eigenvalue weighted by Crippen LogP contribution is 2.38. The fraction of sp³-hybridized carbons (Fsp3) is 0.333. The molecule has 1 heterocycles. The van der Waals surface area contributed by atoms with E-state index in [9.17, 15) is 0 Å². The number of nitrogens with two attached hydrogens (primary N) is 1. The highest BCUT2D eigenvalue weighted by molar-refractivity contribution is 5.51. The molecular formula is C15H20N2O3. The van der Waals surface area contributed by atoms with E-state index in [0.717, 1.165) is 22.6 Å². The Morgan fingerprint density at radius 2 is 1.75 bits per heavy atom. The third-order valence-electron chi connectivity index (χ3n) is 3.31. The first-order valence-corrected chi connectivity index (χ1v) is 6.36. The van der Waals surface area contributed by atoms with Crippen molar-refractivity contribution in [3.8, 4) is 11.5 Å². The molecule has 0 saturated carbocycles. The summed E-state index contributed by atoms with van der Waals surface area (Å²) in [5, 5.41) is 0. The quantitative estimate of drug-likeness (QED) is 0.648. The van der Waals surface area contributed by atoms with Crippen molar-refractivity contribution in [3.05, 3.63) is 46.9 Å². The normalized spacial score (nSPS) is 12.2. The molecule has 5 nitrogen and oxygen atoms in total. The summed E-state index contributed by atoms with van der Waals surface area (Å²) < 4.78 is 16.5. The maximum absolute atomic E-state index is 5.76. The van der Waals surface area contributed by atoms with Crippen LogP contribution in [0.3, 0.4) is 0 Å². The number of hydrazine groups is 1. The molecule has 0 radical (unpaired) electrons. The summed E-state index contributed by atoms with van der Waals surface area (Å²) in [7, 11) is 3.25. The van der Waals surface area contributed by atoms with Gasteiger partial charge in [-0.1, -0.05) is 6.07 Å². The van der Waals surface area contributed by atoms with Gasteiger partial charge in [0.2, 0.25) is 0 Å². The number of hydrogen-bond donors (Lipinski definition) is 2. The Kier molecular flexibility index (Phi) is 4.32.